The lowest BCUT2D eigenvalue weighted by Crippen LogP contribution is -2.07. The van der Waals surface area contributed by atoms with Gasteiger partial charge in [0.15, 0.2) is 12.1 Å². The highest BCUT2D eigenvalue weighted by molar-refractivity contribution is 7.18. The molecule has 0 amide bonds. The van der Waals surface area contributed by atoms with Crippen molar-refractivity contribution in [2.24, 2.45) is 0 Å². The number of benzene rings is 1. The van der Waals surface area contributed by atoms with Gasteiger partial charge in [0, 0.05) is 24.3 Å². The van der Waals surface area contributed by atoms with Gasteiger partial charge in [0.1, 0.15) is 22.2 Å². The topological polar surface area (TPSA) is 81.2 Å². The number of thiophene rings is 1. The van der Waals surface area contributed by atoms with Crippen molar-refractivity contribution in [1.29, 1.82) is 0 Å². The van der Waals surface area contributed by atoms with Gasteiger partial charge in [-0.1, -0.05) is 24.6 Å². The molecule has 0 aliphatic rings. The maximum absolute atomic E-state index is 11.3. The van der Waals surface area contributed by atoms with Crippen molar-refractivity contribution in [3.63, 3.8) is 0 Å². The molecular weight excluding hydrogens is 398 g/mol. The molecule has 0 bridgehead atoms. The van der Waals surface area contributed by atoms with Gasteiger partial charge in [-0.25, -0.2) is 9.97 Å². The van der Waals surface area contributed by atoms with Crippen LogP contribution in [0.3, 0.4) is 0 Å². The van der Waals surface area contributed by atoms with Crippen LogP contribution in [0.15, 0.2) is 24.3 Å². The van der Waals surface area contributed by atoms with Crippen molar-refractivity contribution >= 4 is 51.0 Å². The first-order valence-electron chi connectivity index (χ1n) is 8.87. The number of aldehydes is 1. The smallest absolute Gasteiger partial charge is 0.195 e. The van der Waals surface area contributed by atoms with Crippen LogP contribution in [0, 0.1) is 0 Å². The van der Waals surface area contributed by atoms with E-state index in [9.17, 15) is 9.59 Å². The molecule has 0 radical (unpaired) electrons. The van der Waals surface area contributed by atoms with Crippen molar-refractivity contribution < 1.29 is 14.3 Å². The van der Waals surface area contributed by atoms with Gasteiger partial charge in [-0.05, 0) is 30.2 Å². The first kappa shape index (κ1) is 20.2. The maximum Gasteiger partial charge on any atom is 0.195 e. The zero-order valence-corrected chi connectivity index (χ0v) is 17.2. The largest absolute Gasteiger partial charge is 0.495 e. The van der Waals surface area contributed by atoms with Gasteiger partial charge in [-0.2, -0.15) is 0 Å². The molecule has 0 aliphatic carbocycles. The van der Waals surface area contributed by atoms with Crippen molar-refractivity contribution in [2.45, 2.75) is 32.7 Å². The molecule has 0 saturated heterocycles. The Morgan fingerprint density at radius 3 is 2.82 bits per heavy atom. The van der Waals surface area contributed by atoms with Crippen molar-refractivity contribution in [1.82, 2.24) is 9.97 Å². The number of hydrogen-bond donors (Lipinski definition) is 1. The van der Waals surface area contributed by atoms with Gasteiger partial charge in [-0.15, -0.1) is 11.3 Å². The number of aromatic nitrogens is 2. The van der Waals surface area contributed by atoms with Crippen molar-refractivity contribution in [3.05, 3.63) is 45.6 Å². The second kappa shape index (κ2) is 9.12. The third-order valence-corrected chi connectivity index (χ3v) is 5.71. The minimum Gasteiger partial charge on any atom is -0.495 e. The van der Waals surface area contributed by atoms with E-state index in [-0.39, 0.29) is 6.42 Å². The van der Waals surface area contributed by atoms with Crippen LogP contribution in [0.25, 0.3) is 10.2 Å². The number of ketones is 1. The number of hydrogen-bond acceptors (Lipinski definition) is 7. The van der Waals surface area contributed by atoms with Gasteiger partial charge in [0.2, 0.25) is 0 Å². The first-order chi connectivity index (χ1) is 13.5. The van der Waals surface area contributed by atoms with Gasteiger partial charge in [0.05, 0.1) is 17.5 Å². The summed E-state index contributed by atoms with van der Waals surface area (Å²) >= 11 is 7.81. The molecular formula is C20H20ClN3O3S. The van der Waals surface area contributed by atoms with E-state index in [1.165, 1.54) is 4.88 Å². The van der Waals surface area contributed by atoms with Crippen LogP contribution < -0.4 is 10.1 Å². The Balaban J connectivity index is 1.86. The Labute approximate surface area is 171 Å². The summed E-state index contributed by atoms with van der Waals surface area (Å²) in [5.41, 5.74) is 0.987. The minimum absolute atomic E-state index is 0.106. The van der Waals surface area contributed by atoms with Crippen molar-refractivity contribution in [3.8, 4) is 5.75 Å². The van der Waals surface area contributed by atoms with Crippen LogP contribution in [0.5, 0.6) is 5.75 Å². The van der Waals surface area contributed by atoms with E-state index in [1.807, 2.05) is 18.2 Å². The summed E-state index contributed by atoms with van der Waals surface area (Å²) < 4.78 is 5.18. The molecule has 146 valence electrons. The molecule has 8 heteroatoms. The lowest BCUT2D eigenvalue weighted by atomic mass is 10.2. The number of methoxy groups -OCH3 is 1. The van der Waals surface area contributed by atoms with Crippen LogP contribution in [-0.4, -0.2) is 29.1 Å². The molecule has 3 rings (SSSR count). The number of fused-ring (bicyclic) bond motifs is 1. The summed E-state index contributed by atoms with van der Waals surface area (Å²) in [4.78, 5) is 33.1. The summed E-state index contributed by atoms with van der Waals surface area (Å²) in [6.07, 6.45) is 1.68. The molecule has 1 aromatic carbocycles. The van der Waals surface area contributed by atoms with Gasteiger partial charge >= 0.3 is 0 Å². The normalized spacial score (nSPS) is 10.8. The highest BCUT2D eigenvalue weighted by atomic mass is 35.5. The quantitative estimate of drug-likeness (QED) is 0.414. The Hall–Kier alpha value is -2.51. The summed E-state index contributed by atoms with van der Waals surface area (Å²) in [6, 6.07) is 7.69. The zero-order chi connectivity index (χ0) is 20.1. The number of rotatable bonds is 9. The predicted octanol–water partition coefficient (Wildman–Crippen LogP) is 4.23. The Bertz CT molecular complexity index is 1020. The molecule has 1 N–H and O–H groups in total. The zero-order valence-electron chi connectivity index (χ0n) is 15.6. The standard InChI is InChI=1S/C20H20ClN3O3S/c1-3-14-9-15-19(22-10-12-4-6-17(27-2)16(21)8-12)23-18(24-20(15)28-14)7-5-13(26)11-25/h4,6,8-9,11H,3,5,7,10H2,1-2H3,(H,22,23,24). The molecule has 6 nitrogen and oxygen atoms in total. The number of halogens is 1. The fraction of sp³-hybridized carbons (Fsp3) is 0.300. The Morgan fingerprint density at radius 2 is 2.14 bits per heavy atom. The summed E-state index contributed by atoms with van der Waals surface area (Å²) in [6.45, 7) is 2.62. The lowest BCUT2D eigenvalue weighted by molar-refractivity contribution is -0.129. The number of anilines is 1. The minimum atomic E-state index is -0.452. The fourth-order valence-corrected chi connectivity index (χ4v) is 4.00. The van der Waals surface area contributed by atoms with E-state index < -0.39 is 5.78 Å². The average molecular weight is 418 g/mol. The lowest BCUT2D eigenvalue weighted by Gasteiger charge is -2.10. The third kappa shape index (κ3) is 4.66. The van der Waals surface area contributed by atoms with Gasteiger partial charge in [-0.3, -0.25) is 9.59 Å². The third-order valence-electron chi connectivity index (χ3n) is 4.24. The predicted molar refractivity (Wildman–Crippen MR) is 112 cm³/mol. The molecule has 0 aliphatic heterocycles. The molecule has 2 heterocycles. The maximum atomic E-state index is 11.3. The summed E-state index contributed by atoms with van der Waals surface area (Å²) in [5, 5.41) is 4.85. The van der Waals surface area contributed by atoms with E-state index in [0.717, 1.165) is 22.2 Å². The van der Waals surface area contributed by atoms with Crippen LogP contribution in [-0.2, 0) is 29.0 Å². The summed E-state index contributed by atoms with van der Waals surface area (Å²) in [7, 11) is 1.58. The molecule has 3 aromatic rings. The Kier molecular flexibility index (Phi) is 6.59. The van der Waals surface area contributed by atoms with Crippen LogP contribution in [0.2, 0.25) is 5.02 Å². The number of ether oxygens (including phenoxy) is 1. The second-order valence-corrected chi connectivity index (χ2v) is 7.70. The van der Waals surface area contributed by atoms with Crippen molar-refractivity contribution in [2.75, 3.05) is 12.4 Å². The van der Waals surface area contributed by atoms with Gasteiger partial charge < -0.3 is 10.1 Å². The van der Waals surface area contributed by atoms with Gasteiger partial charge in [0.25, 0.3) is 0 Å². The molecule has 2 aromatic heterocycles. The molecule has 0 saturated carbocycles. The van der Waals surface area contributed by atoms with Crippen LogP contribution >= 0.6 is 22.9 Å². The second-order valence-electron chi connectivity index (χ2n) is 6.18. The number of carbonyl (C=O) groups excluding carboxylic acids is 2. The number of Topliss-reactive ketones (excluding diaryl/α,β-unsaturated/α-hetero) is 1. The van der Waals surface area contributed by atoms with Crippen LogP contribution in [0.1, 0.15) is 29.6 Å². The monoisotopic (exact) mass is 417 g/mol. The molecule has 0 fully saturated rings. The van der Waals surface area contributed by atoms with Crippen LogP contribution in [0.4, 0.5) is 5.82 Å². The van der Waals surface area contributed by atoms with E-state index in [1.54, 1.807) is 18.4 Å². The molecule has 0 atom stereocenters. The Morgan fingerprint density at radius 1 is 1.32 bits per heavy atom. The van der Waals surface area contributed by atoms with E-state index in [0.29, 0.717) is 41.7 Å². The van der Waals surface area contributed by atoms with E-state index in [4.69, 9.17) is 16.3 Å². The average Bonchev–Trinajstić information content (AvgIpc) is 3.13. The number of carbonyl (C=O) groups is 2. The molecule has 0 unspecified atom stereocenters. The first-order valence-corrected chi connectivity index (χ1v) is 10.1. The number of aryl methyl sites for hydroxylation is 2. The number of nitrogens with one attached hydrogen (secondary N) is 1. The highest BCUT2D eigenvalue weighted by Crippen LogP contribution is 2.30. The SMILES string of the molecule is CCc1cc2c(NCc3ccc(OC)c(Cl)c3)nc(CCC(=O)C=O)nc2s1. The van der Waals surface area contributed by atoms with E-state index in [2.05, 4.69) is 28.3 Å². The molecule has 28 heavy (non-hydrogen) atoms. The van der Waals surface area contributed by atoms with E-state index >= 15 is 0 Å². The highest BCUT2D eigenvalue weighted by Gasteiger charge is 2.13. The summed E-state index contributed by atoms with van der Waals surface area (Å²) in [5.74, 6) is 1.43. The molecule has 0 spiro atoms. The fourth-order valence-electron chi connectivity index (χ4n) is 2.74. The number of nitrogens with zero attached hydrogens (tertiary/aromatic N) is 2.